The lowest BCUT2D eigenvalue weighted by Crippen LogP contribution is -2.38. The fourth-order valence-electron chi connectivity index (χ4n) is 2.86. The number of nitrogens with two attached hydrogens (primary N) is 1. The highest BCUT2D eigenvalue weighted by Gasteiger charge is 2.44. The van der Waals surface area contributed by atoms with Crippen molar-refractivity contribution in [2.75, 3.05) is 6.54 Å². The second-order valence-electron chi connectivity index (χ2n) is 4.22. The van der Waals surface area contributed by atoms with Crippen LogP contribution in [-0.4, -0.2) is 6.54 Å². The maximum absolute atomic E-state index is 5.58. The minimum Gasteiger partial charge on any atom is -0.330 e. The summed E-state index contributed by atoms with van der Waals surface area (Å²) in [6.07, 6.45) is 8.87. The van der Waals surface area contributed by atoms with E-state index in [-0.39, 0.29) is 12.4 Å². The van der Waals surface area contributed by atoms with Gasteiger partial charge in [-0.2, -0.15) is 0 Å². The van der Waals surface area contributed by atoms with Crippen molar-refractivity contribution in [3.8, 4) is 0 Å². The molecule has 0 aromatic carbocycles. The van der Waals surface area contributed by atoms with Crippen molar-refractivity contribution in [2.45, 2.75) is 38.5 Å². The highest BCUT2D eigenvalue weighted by Crippen LogP contribution is 2.55. The molecule has 0 aromatic heterocycles. The molecule has 0 saturated heterocycles. The smallest absolute Gasteiger partial charge is 0.00485 e. The predicted octanol–water partition coefficient (Wildman–Crippen LogP) is 2.34. The van der Waals surface area contributed by atoms with E-state index >= 15 is 0 Å². The first kappa shape index (κ1) is 9.34. The number of rotatable bonds is 1. The van der Waals surface area contributed by atoms with Gasteiger partial charge in [-0.3, -0.25) is 0 Å². The molecule has 2 heteroatoms. The van der Waals surface area contributed by atoms with E-state index in [1.54, 1.807) is 0 Å². The van der Waals surface area contributed by atoms with Crippen LogP contribution in [0.5, 0.6) is 0 Å². The van der Waals surface area contributed by atoms with E-state index in [1.165, 1.54) is 38.5 Å². The van der Waals surface area contributed by atoms with Crippen molar-refractivity contribution in [3.63, 3.8) is 0 Å². The van der Waals surface area contributed by atoms with Crippen LogP contribution in [0, 0.1) is 11.3 Å². The van der Waals surface area contributed by atoms with Crippen LogP contribution >= 0.6 is 12.4 Å². The van der Waals surface area contributed by atoms with E-state index in [0.717, 1.165) is 17.9 Å². The van der Waals surface area contributed by atoms with Crippen LogP contribution < -0.4 is 5.73 Å². The molecule has 0 heterocycles. The van der Waals surface area contributed by atoms with Gasteiger partial charge in [0.15, 0.2) is 0 Å². The maximum Gasteiger partial charge on any atom is -0.00485 e. The topological polar surface area (TPSA) is 26.0 Å². The fourth-order valence-corrected chi connectivity index (χ4v) is 2.86. The molecular weight excluding hydrogens is 158 g/mol. The van der Waals surface area contributed by atoms with Gasteiger partial charge in [0.1, 0.15) is 0 Å². The van der Waals surface area contributed by atoms with Crippen LogP contribution in [-0.2, 0) is 0 Å². The molecule has 2 saturated carbocycles. The summed E-state index contributed by atoms with van der Waals surface area (Å²) < 4.78 is 0. The van der Waals surface area contributed by atoms with Gasteiger partial charge in [-0.15, -0.1) is 12.4 Å². The van der Waals surface area contributed by atoms with Crippen molar-refractivity contribution in [3.05, 3.63) is 0 Å². The second-order valence-corrected chi connectivity index (χ2v) is 4.22. The average Bonchev–Trinajstić information content (AvgIpc) is 2.30. The molecular formula is C9H18ClN. The summed E-state index contributed by atoms with van der Waals surface area (Å²) >= 11 is 0. The largest absolute Gasteiger partial charge is 0.330 e. The molecule has 2 fully saturated rings. The predicted molar refractivity (Wildman–Crippen MR) is 49.9 cm³/mol. The van der Waals surface area contributed by atoms with Gasteiger partial charge in [0.25, 0.3) is 0 Å². The Kier molecular flexibility index (Phi) is 2.82. The van der Waals surface area contributed by atoms with E-state index < -0.39 is 0 Å². The van der Waals surface area contributed by atoms with Crippen molar-refractivity contribution in [1.82, 2.24) is 0 Å². The molecule has 0 bridgehead atoms. The summed E-state index contributed by atoms with van der Waals surface area (Å²) in [5, 5.41) is 0. The van der Waals surface area contributed by atoms with Crippen molar-refractivity contribution >= 4 is 12.4 Å². The molecule has 1 nitrogen and oxygen atoms in total. The standard InChI is InChI=1S/C9H17N.ClH/c10-7-8-5-9(6-8)3-1-2-4-9;/h8H,1-7,10H2;1H. The number of hydrogen-bond donors (Lipinski definition) is 1. The lowest BCUT2D eigenvalue weighted by molar-refractivity contribution is 0.0678. The Morgan fingerprint density at radius 3 is 2.18 bits per heavy atom. The summed E-state index contributed by atoms with van der Waals surface area (Å²) in [7, 11) is 0. The maximum atomic E-state index is 5.58. The molecule has 66 valence electrons. The first-order valence-corrected chi connectivity index (χ1v) is 4.55. The second kappa shape index (κ2) is 3.32. The Morgan fingerprint density at radius 2 is 1.73 bits per heavy atom. The highest BCUT2D eigenvalue weighted by atomic mass is 35.5. The first-order valence-electron chi connectivity index (χ1n) is 4.55. The van der Waals surface area contributed by atoms with Gasteiger partial charge in [0, 0.05) is 0 Å². The molecule has 0 aromatic rings. The summed E-state index contributed by atoms with van der Waals surface area (Å²) in [6.45, 7) is 0.932. The molecule has 0 atom stereocenters. The van der Waals surface area contributed by atoms with Crippen molar-refractivity contribution < 1.29 is 0 Å². The molecule has 0 unspecified atom stereocenters. The van der Waals surface area contributed by atoms with Crippen LogP contribution in [0.15, 0.2) is 0 Å². The van der Waals surface area contributed by atoms with Crippen LogP contribution in [0.2, 0.25) is 0 Å². The van der Waals surface area contributed by atoms with Crippen molar-refractivity contribution in [1.29, 1.82) is 0 Å². The Morgan fingerprint density at radius 1 is 1.18 bits per heavy atom. The molecule has 1 spiro atoms. The molecule has 0 aliphatic heterocycles. The Balaban J connectivity index is 0.000000605. The Bertz CT molecular complexity index is 122. The van der Waals surface area contributed by atoms with Crippen molar-refractivity contribution in [2.24, 2.45) is 17.1 Å². The lowest BCUT2D eigenvalue weighted by Gasteiger charge is -2.45. The third kappa shape index (κ3) is 1.54. The summed E-state index contributed by atoms with van der Waals surface area (Å²) in [5.41, 5.74) is 6.39. The van der Waals surface area contributed by atoms with Gasteiger partial charge in [-0.1, -0.05) is 12.8 Å². The molecule has 0 radical (unpaired) electrons. The molecule has 2 aliphatic rings. The van der Waals surface area contributed by atoms with Gasteiger partial charge in [0.2, 0.25) is 0 Å². The van der Waals surface area contributed by atoms with Gasteiger partial charge in [0.05, 0.1) is 0 Å². The molecule has 2 N–H and O–H groups in total. The molecule has 0 amide bonds. The zero-order chi connectivity index (χ0) is 7.03. The van der Waals surface area contributed by atoms with E-state index in [4.69, 9.17) is 5.73 Å². The lowest BCUT2D eigenvalue weighted by atomic mass is 9.61. The van der Waals surface area contributed by atoms with Gasteiger partial charge in [-0.25, -0.2) is 0 Å². The van der Waals surface area contributed by atoms with E-state index in [9.17, 15) is 0 Å². The van der Waals surface area contributed by atoms with Gasteiger partial charge < -0.3 is 5.73 Å². The monoisotopic (exact) mass is 175 g/mol. The SMILES string of the molecule is Cl.NCC1CC2(CCCC2)C1. The molecule has 2 aliphatic carbocycles. The molecule has 2 rings (SSSR count). The van der Waals surface area contributed by atoms with Crippen LogP contribution in [0.3, 0.4) is 0 Å². The quantitative estimate of drug-likeness (QED) is 0.651. The van der Waals surface area contributed by atoms with Crippen LogP contribution in [0.25, 0.3) is 0 Å². The summed E-state index contributed by atoms with van der Waals surface area (Å²) in [6, 6.07) is 0. The normalized spacial score (nSPS) is 28.1. The average molecular weight is 176 g/mol. The van der Waals surface area contributed by atoms with E-state index in [0.29, 0.717) is 0 Å². The number of hydrogen-bond acceptors (Lipinski definition) is 1. The van der Waals surface area contributed by atoms with Crippen LogP contribution in [0.4, 0.5) is 0 Å². The minimum absolute atomic E-state index is 0. The van der Waals surface area contributed by atoms with E-state index in [1.807, 2.05) is 0 Å². The van der Waals surface area contributed by atoms with E-state index in [2.05, 4.69) is 0 Å². The Labute approximate surface area is 75.1 Å². The zero-order valence-corrected chi connectivity index (χ0v) is 7.83. The van der Waals surface area contributed by atoms with Gasteiger partial charge in [-0.05, 0) is 43.6 Å². The highest BCUT2D eigenvalue weighted by molar-refractivity contribution is 5.85. The number of halogens is 1. The summed E-state index contributed by atoms with van der Waals surface area (Å²) in [4.78, 5) is 0. The zero-order valence-electron chi connectivity index (χ0n) is 7.01. The fraction of sp³-hybridized carbons (Fsp3) is 1.00. The summed E-state index contributed by atoms with van der Waals surface area (Å²) in [5.74, 6) is 0.887. The minimum atomic E-state index is 0. The first-order chi connectivity index (χ1) is 4.85. The molecule has 11 heavy (non-hydrogen) atoms. The van der Waals surface area contributed by atoms with Crippen LogP contribution in [0.1, 0.15) is 38.5 Å². The third-order valence-corrected chi connectivity index (χ3v) is 3.44. The third-order valence-electron chi connectivity index (χ3n) is 3.44. The Hall–Kier alpha value is 0.250. The van der Waals surface area contributed by atoms with Gasteiger partial charge >= 0.3 is 0 Å².